The fraction of sp³-hybridized carbons (Fsp3) is 0.0625. The summed E-state index contributed by atoms with van der Waals surface area (Å²) in [6.45, 7) is 0. The molecule has 0 aliphatic rings. The van der Waals surface area contributed by atoms with E-state index in [1.54, 1.807) is 55.6 Å². The summed E-state index contributed by atoms with van der Waals surface area (Å²) < 4.78 is 10.9. The third-order valence-corrected chi connectivity index (χ3v) is 2.82. The minimum Gasteiger partial charge on any atom is -0.497 e. The number of hydrogen-bond donors (Lipinski definition) is 3. The Morgan fingerprint density at radius 1 is 1.17 bits per heavy atom. The van der Waals surface area contributed by atoms with Crippen LogP contribution in [0.3, 0.4) is 0 Å². The Labute approximate surface area is 133 Å². The van der Waals surface area contributed by atoms with Crippen LogP contribution in [0.2, 0.25) is 0 Å². The summed E-state index contributed by atoms with van der Waals surface area (Å²) in [6.07, 6.45) is 0. The molecule has 0 radical (unpaired) electrons. The van der Waals surface area contributed by atoms with Crippen molar-refractivity contribution in [1.82, 2.24) is 0 Å². The lowest BCUT2D eigenvalue weighted by Crippen LogP contribution is -2.21. The largest absolute Gasteiger partial charge is 0.497 e. The summed E-state index contributed by atoms with van der Waals surface area (Å²) in [5.41, 5.74) is 8.27. The van der Waals surface area contributed by atoms with Gasteiger partial charge < -0.3 is 15.2 Å². The average Bonchev–Trinajstić information content (AvgIpc) is 2.57. The van der Waals surface area contributed by atoms with Gasteiger partial charge in [0, 0.05) is 0 Å². The topological polar surface area (TPSA) is 117 Å². The molecule has 0 amide bonds. The zero-order valence-electron chi connectivity index (χ0n) is 12.4. The molecule has 0 atom stereocenters. The van der Waals surface area contributed by atoms with Gasteiger partial charge in [0.15, 0.2) is 11.6 Å². The Bertz CT molecular complexity index is 763. The number of methoxy groups -OCH3 is 1. The first-order valence-corrected chi connectivity index (χ1v) is 6.63. The minimum absolute atomic E-state index is 0.204. The molecule has 0 saturated carbocycles. The molecule has 0 aromatic heterocycles. The molecule has 0 heterocycles. The van der Waals surface area contributed by atoms with Gasteiger partial charge in [-0.1, -0.05) is 12.1 Å². The standard InChI is InChI=1S/C16H15N5O2/c1-22-11-6-8-12(9-7-11)23-15-5-3-2-4-13(15)20-21-14(10-17)16(18)19/h2-9,20H,1H3,(H3,18,19)/b21-14+. The molecule has 0 bridgehead atoms. The number of rotatable bonds is 6. The molecule has 0 fully saturated rings. The van der Waals surface area contributed by atoms with Crippen LogP contribution < -0.4 is 20.6 Å². The van der Waals surface area contributed by atoms with Crippen molar-refractivity contribution in [3.8, 4) is 23.3 Å². The van der Waals surface area contributed by atoms with Crippen LogP contribution in [0, 0.1) is 16.7 Å². The van der Waals surface area contributed by atoms with Crippen molar-refractivity contribution in [2.75, 3.05) is 12.5 Å². The number of nitrogens with one attached hydrogen (secondary N) is 2. The van der Waals surface area contributed by atoms with Crippen molar-refractivity contribution < 1.29 is 9.47 Å². The third-order valence-electron chi connectivity index (χ3n) is 2.82. The first-order chi connectivity index (χ1) is 11.1. The van der Waals surface area contributed by atoms with E-state index in [4.69, 9.17) is 25.9 Å². The molecule has 2 rings (SSSR count). The van der Waals surface area contributed by atoms with Crippen molar-refractivity contribution in [2.24, 2.45) is 10.8 Å². The lowest BCUT2D eigenvalue weighted by molar-refractivity contribution is 0.413. The summed E-state index contributed by atoms with van der Waals surface area (Å²) in [6, 6.07) is 15.9. The van der Waals surface area contributed by atoms with Gasteiger partial charge in [-0.15, -0.1) is 0 Å². The molecule has 0 aliphatic heterocycles. The van der Waals surface area contributed by atoms with Crippen LogP contribution in [0.25, 0.3) is 0 Å². The summed E-state index contributed by atoms with van der Waals surface area (Å²) in [4.78, 5) is 0. The van der Waals surface area contributed by atoms with E-state index in [0.717, 1.165) is 5.75 Å². The maximum absolute atomic E-state index is 8.84. The maximum atomic E-state index is 8.84. The monoisotopic (exact) mass is 309 g/mol. The summed E-state index contributed by atoms with van der Waals surface area (Å²) in [5.74, 6) is 1.46. The van der Waals surface area contributed by atoms with Gasteiger partial charge in [0.2, 0.25) is 5.71 Å². The first kappa shape index (κ1) is 15.9. The van der Waals surface area contributed by atoms with Gasteiger partial charge in [0.1, 0.15) is 17.6 Å². The second-order valence-electron chi connectivity index (χ2n) is 4.37. The van der Waals surface area contributed by atoms with E-state index in [1.807, 2.05) is 6.07 Å². The van der Waals surface area contributed by atoms with Crippen molar-refractivity contribution in [1.29, 1.82) is 10.7 Å². The number of anilines is 1. The van der Waals surface area contributed by atoms with E-state index in [9.17, 15) is 0 Å². The van der Waals surface area contributed by atoms with Gasteiger partial charge in [-0.25, -0.2) is 0 Å². The molecular weight excluding hydrogens is 294 g/mol. The van der Waals surface area contributed by atoms with Crippen LogP contribution in [-0.2, 0) is 0 Å². The number of ether oxygens (including phenoxy) is 2. The highest BCUT2D eigenvalue weighted by atomic mass is 16.5. The van der Waals surface area contributed by atoms with Crippen molar-refractivity contribution in [3.05, 3.63) is 48.5 Å². The molecule has 23 heavy (non-hydrogen) atoms. The van der Waals surface area contributed by atoms with E-state index in [0.29, 0.717) is 17.2 Å². The van der Waals surface area contributed by atoms with E-state index < -0.39 is 5.84 Å². The van der Waals surface area contributed by atoms with Crippen LogP contribution in [0.4, 0.5) is 5.69 Å². The molecule has 7 heteroatoms. The Morgan fingerprint density at radius 3 is 2.43 bits per heavy atom. The van der Waals surface area contributed by atoms with Crippen LogP contribution in [0.5, 0.6) is 17.2 Å². The summed E-state index contributed by atoms with van der Waals surface area (Å²) in [7, 11) is 1.59. The molecule has 2 aromatic rings. The number of nitriles is 1. The number of nitrogens with zero attached hydrogens (tertiary/aromatic N) is 2. The zero-order chi connectivity index (χ0) is 16.7. The minimum atomic E-state index is -0.409. The van der Waals surface area contributed by atoms with Gasteiger partial charge in [0.25, 0.3) is 0 Å². The van der Waals surface area contributed by atoms with Crippen LogP contribution in [0.1, 0.15) is 0 Å². The molecular formula is C16H15N5O2. The number of nitrogens with two attached hydrogens (primary N) is 1. The average molecular weight is 309 g/mol. The van der Waals surface area contributed by atoms with Gasteiger partial charge >= 0.3 is 0 Å². The number of hydrogen-bond acceptors (Lipinski definition) is 6. The SMILES string of the molecule is COc1ccc(Oc2ccccc2N/N=C(\C#N)C(=N)N)cc1. The maximum Gasteiger partial charge on any atom is 0.201 e. The van der Waals surface area contributed by atoms with E-state index >= 15 is 0 Å². The van der Waals surface area contributed by atoms with Gasteiger partial charge in [0.05, 0.1) is 12.8 Å². The fourth-order valence-corrected chi connectivity index (χ4v) is 1.68. The van der Waals surface area contributed by atoms with Crippen LogP contribution in [-0.4, -0.2) is 18.7 Å². The predicted molar refractivity (Wildman–Crippen MR) is 88.1 cm³/mol. The normalized spacial score (nSPS) is 10.5. The third kappa shape index (κ3) is 4.22. The Hall–Kier alpha value is -3.53. The van der Waals surface area contributed by atoms with Gasteiger partial charge in [-0.3, -0.25) is 10.8 Å². The lowest BCUT2D eigenvalue weighted by Gasteiger charge is -2.11. The molecule has 7 nitrogen and oxygen atoms in total. The number of amidine groups is 1. The highest BCUT2D eigenvalue weighted by Crippen LogP contribution is 2.30. The van der Waals surface area contributed by atoms with E-state index in [-0.39, 0.29) is 5.71 Å². The van der Waals surface area contributed by atoms with Crippen molar-refractivity contribution in [3.63, 3.8) is 0 Å². The number of benzene rings is 2. The molecule has 0 unspecified atom stereocenters. The second-order valence-corrected chi connectivity index (χ2v) is 4.37. The molecule has 0 spiro atoms. The van der Waals surface area contributed by atoms with Gasteiger partial charge in [-0.2, -0.15) is 10.4 Å². The van der Waals surface area contributed by atoms with Crippen LogP contribution >= 0.6 is 0 Å². The molecule has 116 valence electrons. The van der Waals surface area contributed by atoms with Crippen molar-refractivity contribution in [2.45, 2.75) is 0 Å². The second kappa shape index (κ2) is 7.47. The smallest absolute Gasteiger partial charge is 0.201 e. The van der Waals surface area contributed by atoms with E-state index in [2.05, 4.69) is 10.5 Å². The predicted octanol–water partition coefficient (Wildman–Crippen LogP) is 2.71. The fourth-order valence-electron chi connectivity index (χ4n) is 1.68. The highest BCUT2D eigenvalue weighted by molar-refractivity contribution is 6.45. The summed E-state index contributed by atoms with van der Waals surface area (Å²) >= 11 is 0. The molecule has 0 saturated heterocycles. The van der Waals surface area contributed by atoms with Crippen LogP contribution in [0.15, 0.2) is 53.6 Å². The molecule has 2 aromatic carbocycles. The Morgan fingerprint density at radius 2 is 1.83 bits per heavy atom. The Balaban J connectivity index is 2.20. The highest BCUT2D eigenvalue weighted by Gasteiger charge is 2.06. The number of para-hydroxylation sites is 2. The lowest BCUT2D eigenvalue weighted by atomic mass is 10.3. The molecule has 0 aliphatic carbocycles. The van der Waals surface area contributed by atoms with Gasteiger partial charge in [-0.05, 0) is 36.4 Å². The van der Waals surface area contributed by atoms with Crippen molar-refractivity contribution >= 4 is 17.2 Å². The zero-order valence-corrected chi connectivity index (χ0v) is 12.4. The summed E-state index contributed by atoms with van der Waals surface area (Å²) in [5, 5.41) is 19.9. The first-order valence-electron chi connectivity index (χ1n) is 6.63. The van der Waals surface area contributed by atoms with E-state index in [1.165, 1.54) is 0 Å². The number of hydrazone groups is 1. The molecule has 4 N–H and O–H groups in total. The Kier molecular flexibility index (Phi) is 5.15. The quantitative estimate of drug-likeness (QED) is 0.431.